The number of nitrogens with one attached hydrogen (secondary N) is 1. The molecule has 1 aromatic carbocycles. The fourth-order valence-electron chi connectivity index (χ4n) is 1.77. The molecule has 21 heavy (non-hydrogen) atoms. The first-order chi connectivity index (χ1) is 9.95. The van der Waals surface area contributed by atoms with Gasteiger partial charge in [0.2, 0.25) is 5.89 Å². The number of nitrogens with zero attached hydrogens (tertiary/aromatic N) is 2. The summed E-state index contributed by atoms with van der Waals surface area (Å²) in [5, 5.41) is 6.42. The molecule has 1 N–H and O–H groups in total. The lowest BCUT2D eigenvalue weighted by molar-refractivity contribution is -0.127. The number of hydrogen-bond acceptors (Lipinski definition) is 5. The second-order valence-corrected chi connectivity index (χ2v) is 4.95. The van der Waals surface area contributed by atoms with E-state index < -0.39 is 6.10 Å². The van der Waals surface area contributed by atoms with E-state index in [0.717, 1.165) is 5.56 Å². The summed E-state index contributed by atoms with van der Waals surface area (Å²) in [5.74, 6) is 1.37. The predicted molar refractivity (Wildman–Crippen MR) is 76.9 cm³/mol. The third-order valence-corrected chi connectivity index (χ3v) is 3.15. The Morgan fingerprint density at radius 3 is 2.71 bits per heavy atom. The maximum Gasteiger partial charge on any atom is 0.261 e. The van der Waals surface area contributed by atoms with Crippen LogP contribution < -0.4 is 10.1 Å². The standard InChI is InChI=1S/C15H19N3O3/c1-9-5-6-13(7-10(9)2)20-11(3)15(19)16-8-14-17-12(4)21-18-14/h5-7,11H,8H2,1-4H3,(H,16,19)/t11-/m0/s1. The van der Waals surface area contributed by atoms with Crippen LogP contribution in [0.1, 0.15) is 29.8 Å². The Hall–Kier alpha value is -2.37. The molecule has 0 saturated heterocycles. The maximum absolute atomic E-state index is 12.0. The Balaban J connectivity index is 1.88. The fraction of sp³-hybridized carbons (Fsp3) is 0.400. The van der Waals surface area contributed by atoms with E-state index in [9.17, 15) is 4.79 Å². The minimum atomic E-state index is -0.597. The zero-order valence-corrected chi connectivity index (χ0v) is 12.6. The lowest BCUT2D eigenvalue weighted by Crippen LogP contribution is -2.36. The van der Waals surface area contributed by atoms with Crippen molar-refractivity contribution in [2.75, 3.05) is 0 Å². The fourth-order valence-corrected chi connectivity index (χ4v) is 1.77. The number of carbonyl (C=O) groups excluding carboxylic acids is 1. The van der Waals surface area contributed by atoms with Gasteiger partial charge in [0, 0.05) is 6.92 Å². The summed E-state index contributed by atoms with van der Waals surface area (Å²) < 4.78 is 10.5. The second-order valence-electron chi connectivity index (χ2n) is 4.95. The minimum Gasteiger partial charge on any atom is -0.481 e. The van der Waals surface area contributed by atoms with Crippen LogP contribution >= 0.6 is 0 Å². The smallest absolute Gasteiger partial charge is 0.261 e. The quantitative estimate of drug-likeness (QED) is 0.911. The lowest BCUT2D eigenvalue weighted by atomic mass is 10.1. The van der Waals surface area contributed by atoms with E-state index in [2.05, 4.69) is 15.5 Å². The van der Waals surface area contributed by atoms with Crippen LogP contribution in [0.25, 0.3) is 0 Å². The number of hydrogen-bond donors (Lipinski definition) is 1. The van der Waals surface area contributed by atoms with Gasteiger partial charge < -0.3 is 14.6 Å². The molecule has 0 fully saturated rings. The van der Waals surface area contributed by atoms with Gasteiger partial charge >= 0.3 is 0 Å². The molecule has 0 aliphatic rings. The predicted octanol–water partition coefficient (Wildman–Crippen LogP) is 2.08. The lowest BCUT2D eigenvalue weighted by Gasteiger charge is -2.15. The van der Waals surface area contributed by atoms with Crippen molar-refractivity contribution in [2.45, 2.75) is 40.3 Å². The van der Waals surface area contributed by atoms with Crippen LogP contribution in [0.2, 0.25) is 0 Å². The molecule has 0 aliphatic heterocycles. The third kappa shape index (κ3) is 4.05. The van der Waals surface area contributed by atoms with Gasteiger partial charge in [-0.2, -0.15) is 4.98 Å². The van der Waals surface area contributed by atoms with Gasteiger partial charge in [-0.1, -0.05) is 11.2 Å². The molecule has 0 saturated carbocycles. The van der Waals surface area contributed by atoms with Crippen molar-refractivity contribution in [3.05, 3.63) is 41.0 Å². The number of amides is 1. The van der Waals surface area contributed by atoms with E-state index in [0.29, 0.717) is 17.5 Å². The number of ether oxygens (including phenoxy) is 1. The highest BCUT2D eigenvalue weighted by Crippen LogP contribution is 2.17. The van der Waals surface area contributed by atoms with Crippen molar-refractivity contribution in [3.8, 4) is 5.75 Å². The molecule has 0 spiro atoms. The van der Waals surface area contributed by atoms with E-state index in [1.807, 2.05) is 32.0 Å². The van der Waals surface area contributed by atoms with Crippen molar-refractivity contribution in [2.24, 2.45) is 0 Å². The van der Waals surface area contributed by atoms with Crippen LogP contribution in [0.15, 0.2) is 22.7 Å². The van der Waals surface area contributed by atoms with Gasteiger partial charge in [0.1, 0.15) is 5.75 Å². The summed E-state index contributed by atoms with van der Waals surface area (Å²) in [6.07, 6.45) is -0.597. The second kappa shape index (κ2) is 6.39. The SMILES string of the molecule is Cc1nc(CNC(=O)[C@H](C)Oc2ccc(C)c(C)c2)no1. The summed E-state index contributed by atoms with van der Waals surface area (Å²) in [5.41, 5.74) is 2.31. The van der Waals surface area contributed by atoms with Crippen molar-refractivity contribution in [1.82, 2.24) is 15.5 Å². The first-order valence-electron chi connectivity index (χ1n) is 6.76. The van der Waals surface area contributed by atoms with Gasteiger partial charge in [-0.15, -0.1) is 0 Å². The summed E-state index contributed by atoms with van der Waals surface area (Å²) in [4.78, 5) is 16.0. The van der Waals surface area contributed by atoms with Crippen molar-refractivity contribution < 1.29 is 14.1 Å². The number of benzene rings is 1. The highest BCUT2D eigenvalue weighted by molar-refractivity contribution is 5.80. The molecular weight excluding hydrogens is 270 g/mol. The molecule has 0 bridgehead atoms. The van der Waals surface area contributed by atoms with E-state index >= 15 is 0 Å². The largest absolute Gasteiger partial charge is 0.481 e. The van der Waals surface area contributed by atoms with Crippen molar-refractivity contribution >= 4 is 5.91 Å². The highest BCUT2D eigenvalue weighted by Gasteiger charge is 2.15. The molecule has 1 atom stereocenters. The molecule has 1 heterocycles. The molecule has 1 aromatic heterocycles. The average molecular weight is 289 g/mol. The number of aryl methyl sites for hydroxylation is 3. The molecule has 2 aromatic rings. The molecule has 0 aliphatic carbocycles. The topological polar surface area (TPSA) is 77.2 Å². The first-order valence-corrected chi connectivity index (χ1v) is 6.76. The number of aromatic nitrogens is 2. The Kier molecular flexibility index (Phi) is 4.57. The zero-order chi connectivity index (χ0) is 15.4. The van der Waals surface area contributed by atoms with Crippen LogP contribution in [0, 0.1) is 20.8 Å². The van der Waals surface area contributed by atoms with Gasteiger partial charge in [0.25, 0.3) is 5.91 Å². The molecule has 6 heteroatoms. The summed E-state index contributed by atoms with van der Waals surface area (Å²) in [6.45, 7) is 7.65. The number of carbonyl (C=O) groups is 1. The molecule has 2 rings (SSSR count). The van der Waals surface area contributed by atoms with Crippen LogP contribution in [0.3, 0.4) is 0 Å². The van der Waals surface area contributed by atoms with Gasteiger partial charge in [-0.05, 0) is 44.0 Å². The van der Waals surface area contributed by atoms with Crippen LogP contribution in [0.5, 0.6) is 5.75 Å². The maximum atomic E-state index is 12.0. The highest BCUT2D eigenvalue weighted by atomic mass is 16.5. The normalized spacial score (nSPS) is 12.0. The Labute approximate surface area is 123 Å². The van der Waals surface area contributed by atoms with Crippen molar-refractivity contribution in [3.63, 3.8) is 0 Å². The van der Waals surface area contributed by atoms with Gasteiger partial charge in [-0.25, -0.2) is 0 Å². The summed E-state index contributed by atoms with van der Waals surface area (Å²) in [6, 6.07) is 5.74. The number of rotatable bonds is 5. The van der Waals surface area contributed by atoms with E-state index in [1.54, 1.807) is 13.8 Å². The molecule has 0 radical (unpaired) electrons. The summed E-state index contributed by atoms with van der Waals surface area (Å²) >= 11 is 0. The van der Waals surface area contributed by atoms with E-state index in [-0.39, 0.29) is 12.5 Å². The average Bonchev–Trinajstić information content (AvgIpc) is 2.86. The summed E-state index contributed by atoms with van der Waals surface area (Å²) in [7, 11) is 0. The van der Waals surface area contributed by atoms with E-state index in [1.165, 1.54) is 5.56 Å². The van der Waals surface area contributed by atoms with Crippen molar-refractivity contribution in [1.29, 1.82) is 0 Å². The van der Waals surface area contributed by atoms with Gasteiger partial charge in [0.05, 0.1) is 6.54 Å². The van der Waals surface area contributed by atoms with Crippen LogP contribution in [-0.4, -0.2) is 22.2 Å². The minimum absolute atomic E-state index is 0.219. The molecule has 1 amide bonds. The molecular formula is C15H19N3O3. The third-order valence-electron chi connectivity index (χ3n) is 3.15. The molecule has 6 nitrogen and oxygen atoms in total. The Morgan fingerprint density at radius 2 is 2.10 bits per heavy atom. The van der Waals surface area contributed by atoms with Gasteiger partial charge in [0.15, 0.2) is 11.9 Å². The molecule has 0 unspecified atom stereocenters. The monoisotopic (exact) mass is 289 g/mol. The van der Waals surface area contributed by atoms with Crippen LogP contribution in [0.4, 0.5) is 0 Å². The first kappa shape index (κ1) is 15.0. The van der Waals surface area contributed by atoms with Crippen LogP contribution in [-0.2, 0) is 11.3 Å². The zero-order valence-electron chi connectivity index (χ0n) is 12.6. The van der Waals surface area contributed by atoms with E-state index in [4.69, 9.17) is 9.26 Å². The van der Waals surface area contributed by atoms with Gasteiger partial charge in [-0.3, -0.25) is 4.79 Å². The Bertz CT molecular complexity index is 637. The molecule has 112 valence electrons. The Morgan fingerprint density at radius 1 is 1.33 bits per heavy atom.